The van der Waals surface area contributed by atoms with Gasteiger partial charge in [-0.05, 0) is 26.7 Å². The number of rotatable bonds is 5. The Morgan fingerprint density at radius 2 is 1.92 bits per heavy atom. The fourth-order valence-electron chi connectivity index (χ4n) is 6.29. The highest BCUT2D eigenvalue weighted by molar-refractivity contribution is 5.99. The molecule has 0 aromatic heterocycles. The molecule has 5 aliphatic heterocycles. The highest BCUT2D eigenvalue weighted by atomic mass is 16.6. The molecule has 0 aromatic rings. The highest BCUT2D eigenvalue weighted by Crippen LogP contribution is 2.53. The lowest BCUT2D eigenvalue weighted by atomic mass is 9.78. The minimum atomic E-state index is -1.30. The highest BCUT2D eigenvalue weighted by Gasteiger charge is 2.72. The molecule has 0 radical (unpaired) electrons. The van der Waals surface area contributed by atoms with Crippen LogP contribution in [0.4, 0.5) is 0 Å². The van der Waals surface area contributed by atoms with E-state index in [2.05, 4.69) is 4.90 Å². The molecular weight excluding hydrogens is 466 g/mol. The number of ether oxygens (including phenoxy) is 3. The Labute approximate surface area is 211 Å². The van der Waals surface area contributed by atoms with Crippen LogP contribution < -0.4 is 0 Å². The van der Waals surface area contributed by atoms with E-state index in [1.807, 2.05) is 31.2 Å². The molecule has 5 aliphatic rings. The monoisotopic (exact) mass is 503 g/mol. The van der Waals surface area contributed by atoms with Crippen LogP contribution in [-0.4, -0.2) is 120 Å². The number of esters is 1. The molecule has 1 spiro atoms. The van der Waals surface area contributed by atoms with Crippen LogP contribution in [0.15, 0.2) is 24.3 Å². The van der Waals surface area contributed by atoms with Gasteiger partial charge < -0.3 is 29.1 Å². The smallest absolute Gasteiger partial charge is 0.313 e. The Kier molecular flexibility index (Phi) is 7.22. The van der Waals surface area contributed by atoms with Gasteiger partial charge in [0, 0.05) is 32.7 Å². The third kappa shape index (κ3) is 4.27. The van der Waals surface area contributed by atoms with Crippen molar-refractivity contribution in [1.29, 1.82) is 0 Å². The molecule has 0 aliphatic carbocycles. The van der Waals surface area contributed by atoms with Crippen molar-refractivity contribution in [3.63, 3.8) is 0 Å². The quantitative estimate of drug-likeness (QED) is 0.411. The maximum Gasteiger partial charge on any atom is 0.313 e. The molecule has 10 nitrogen and oxygen atoms in total. The summed E-state index contributed by atoms with van der Waals surface area (Å²) in [6.07, 6.45) is 8.00. The number of carbonyl (C=O) groups is 3. The Hall–Kier alpha value is -2.27. The first-order valence-corrected chi connectivity index (χ1v) is 13.1. The van der Waals surface area contributed by atoms with Crippen molar-refractivity contribution in [2.45, 2.75) is 56.6 Å². The van der Waals surface area contributed by atoms with Gasteiger partial charge >= 0.3 is 5.97 Å². The Morgan fingerprint density at radius 3 is 2.67 bits per heavy atom. The van der Waals surface area contributed by atoms with Crippen molar-refractivity contribution in [3.8, 4) is 0 Å². The molecule has 198 valence electrons. The summed E-state index contributed by atoms with van der Waals surface area (Å²) in [5, 5.41) is 10.00. The van der Waals surface area contributed by atoms with Gasteiger partial charge in [-0.1, -0.05) is 24.3 Å². The molecular formula is C26H37N3O7. The van der Waals surface area contributed by atoms with Crippen molar-refractivity contribution in [2.24, 2.45) is 11.8 Å². The van der Waals surface area contributed by atoms with Crippen LogP contribution in [0.1, 0.15) is 26.7 Å². The van der Waals surface area contributed by atoms with Crippen LogP contribution in [-0.2, 0) is 28.6 Å². The Balaban J connectivity index is 1.49. The van der Waals surface area contributed by atoms with E-state index in [9.17, 15) is 19.5 Å². The molecule has 3 fully saturated rings. The number of cyclic esters (lactones) is 1. The van der Waals surface area contributed by atoms with Crippen LogP contribution in [0, 0.1) is 11.8 Å². The molecule has 0 aromatic carbocycles. The van der Waals surface area contributed by atoms with E-state index in [-0.39, 0.29) is 24.5 Å². The predicted octanol–water partition coefficient (Wildman–Crippen LogP) is -0.0397. The maximum absolute atomic E-state index is 14.1. The van der Waals surface area contributed by atoms with Gasteiger partial charge in [-0.3, -0.25) is 19.3 Å². The topological polar surface area (TPSA) is 109 Å². The summed E-state index contributed by atoms with van der Waals surface area (Å²) in [6, 6.07) is -1.57. The van der Waals surface area contributed by atoms with Gasteiger partial charge in [0.25, 0.3) is 0 Å². The Morgan fingerprint density at radius 1 is 1.14 bits per heavy atom. The van der Waals surface area contributed by atoms with Crippen molar-refractivity contribution >= 4 is 17.8 Å². The number of aliphatic hydroxyl groups excluding tert-OH is 1. The van der Waals surface area contributed by atoms with Gasteiger partial charge in [0.1, 0.15) is 17.6 Å². The van der Waals surface area contributed by atoms with E-state index in [0.29, 0.717) is 39.3 Å². The molecule has 1 N–H and O–H groups in total. The zero-order chi connectivity index (χ0) is 25.4. The van der Waals surface area contributed by atoms with Crippen molar-refractivity contribution < 1.29 is 33.7 Å². The summed E-state index contributed by atoms with van der Waals surface area (Å²) < 4.78 is 17.7. The number of aliphatic hydroxyl groups is 1. The fraction of sp³-hybridized carbons (Fsp3) is 0.731. The van der Waals surface area contributed by atoms with E-state index in [1.54, 1.807) is 11.8 Å². The van der Waals surface area contributed by atoms with E-state index in [4.69, 9.17) is 14.2 Å². The van der Waals surface area contributed by atoms with Crippen LogP contribution in [0.2, 0.25) is 0 Å². The molecule has 10 heteroatoms. The second-order valence-corrected chi connectivity index (χ2v) is 10.5. The minimum Gasteiger partial charge on any atom is -0.462 e. The van der Waals surface area contributed by atoms with E-state index in [0.717, 1.165) is 19.5 Å². The lowest BCUT2D eigenvalue weighted by Crippen LogP contribution is -2.58. The molecule has 7 atom stereocenters. The average molecular weight is 504 g/mol. The lowest BCUT2D eigenvalue weighted by molar-refractivity contribution is -0.159. The summed E-state index contributed by atoms with van der Waals surface area (Å²) in [6.45, 7) is 7.85. The van der Waals surface area contributed by atoms with Gasteiger partial charge in [0.05, 0.1) is 44.0 Å². The summed E-state index contributed by atoms with van der Waals surface area (Å²) in [7, 11) is 0. The Bertz CT molecular complexity index is 932. The average Bonchev–Trinajstić information content (AvgIpc) is 3.28. The third-order valence-corrected chi connectivity index (χ3v) is 8.20. The number of allylic oxidation sites excluding steroid dienone is 1. The maximum atomic E-state index is 14.1. The summed E-state index contributed by atoms with van der Waals surface area (Å²) in [5.41, 5.74) is -1.30. The van der Waals surface area contributed by atoms with E-state index in [1.165, 1.54) is 4.90 Å². The van der Waals surface area contributed by atoms with Crippen LogP contribution in [0.5, 0.6) is 0 Å². The number of nitrogens with zero attached hydrogens (tertiary/aromatic N) is 3. The number of hydrogen-bond acceptors (Lipinski definition) is 8. The molecule has 0 bridgehead atoms. The van der Waals surface area contributed by atoms with Gasteiger partial charge in [-0.15, -0.1) is 0 Å². The second kappa shape index (κ2) is 10.2. The largest absolute Gasteiger partial charge is 0.462 e. The van der Waals surface area contributed by atoms with Gasteiger partial charge in [-0.25, -0.2) is 0 Å². The zero-order valence-corrected chi connectivity index (χ0v) is 21.1. The number of morpholine rings is 1. The SMILES string of the molecule is CC1CC/C=C\[C@H]2OC34C=CCN(CCN5CCOCC5)C(=O)[C@H]3N(C(C)CO)C(=O)[C@@H]4C2C(=O)O1. The second-order valence-electron chi connectivity index (χ2n) is 10.5. The van der Waals surface area contributed by atoms with Gasteiger partial charge in [0.2, 0.25) is 11.8 Å². The van der Waals surface area contributed by atoms with Crippen LogP contribution >= 0.6 is 0 Å². The van der Waals surface area contributed by atoms with Crippen LogP contribution in [0.3, 0.4) is 0 Å². The first kappa shape index (κ1) is 25.4. The van der Waals surface area contributed by atoms with Gasteiger partial charge in [-0.2, -0.15) is 0 Å². The number of amides is 2. The molecule has 5 heterocycles. The number of fused-ring (bicyclic) bond motifs is 2. The normalized spacial score (nSPS) is 38.9. The summed E-state index contributed by atoms with van der Waals surface area (Å²) >= 11 is 0. The van der Waals surface area contributed by atoms with E-state index < -0.39 is 41.6 Å². The molecule has 3 saturated heterocycles. The predicted molar refractivity (Wildman–Crippen MR) is 129 cm³/mol. The van der Waals surface area contributed by atoms with E-state index >= 15 is 0 Å². The first-order valence-electron chi connectivity index (χ1n) is 13.1. The number of hydrogen-bond donors (Lipinski definition) is 1. The standard InChI is InChI=1S/C26H37N3O7/c1-17(16-30)29-22-24(32)28(11-10-27-12-14-34-15-13-27)9-5-8-26(22)21(23(29)31)20-19(36-26)7-4-3-6-18(2)35-25(20)33/h4-5,7-8,17-22,30H,3,6,9-16H2,1-2H3/b7-4-/t17?,18?,19-,20?,21+,22-,26?/m1/s1. The summed E-state index contributed by atoms with van der Waals surface area (Å²) in [5.74, 6) is -2.80. The molecule has 5 rings (SSSR count). The molecule has 2 amide bonds. The fourth-order valence-corrected chi connectivity index (χ4v) is 6.29. The third-order valence-electron chi connectivity index (χ3n) is 8.20. The first-order chi connectivity index (χ1) is 17.4. The molecule has 36 heavy (non-hydrogen) atoms. The van der Waals surface area contributed by atoms with Crippen molar-refractivity contribution in [3.05, 3.63) is 24.3 Å². The van der Waals surface area contributed by atoms with Crippen molar-refractivity contribution in [2.75, 3.05) is 52.5 Å². The van der Waals surface area contributed by atoms with Crippen molar-refractivity contribution in [1.82, 2.24) is 14.7 Å². The molecule has 4 unspecified atom stereocenters. The summed E-state index contributed by atoms with van der Waals surface area (Å²) in [4.78, 5) is 46.9. The minimum absolute atomic E-state index is 0.221. The zero-order valence-electron chi connectivity index (χ0n) is 21.1. The lowest BCUT2D eigenvalue weighted by Gasteiger charge is -2.38. The number of likely N-dealkylation sites (tertiary alicyclic amines) is 1. The molecule has 0 saturated carbocycles. The van der Waals surface area contributed by atoms with Gasteiger partial charge in [0.15, 0.2) is 0 Å². The van der Waals surface area contributed by atoms with Crippen LogP contribution in [0.25, 0.3) is 0 Å². The number of carbonyl (C=O) groups excluding carboxylic acids is 3.